The van der Waals surface area contributed by atoms with E-state index in [0.29, 0.717) is 31.1 Å². The smallest absolute Gasteiger partial charge is 0.226 e. The first kappa shape index (κ1) is 13.7. The lowest BCUT2D eigenvalue weighted by molar-refractivity contribution is -0.132. The number of carbonyl (C=O) groups is 1. The van der Waals surface area contributed by atoms with E-state index in [1.54, 1.807) is 11.0 Å². The Morgan fingerprint density at radius 3 is 3.14 bits per heavy atom. The molecule has 0 saturated carbocycles. The van der Waals surface area contributed by atoms with E-state index < -0.39 is 0 Å². The molecule has 112 valence electrons. The molecule has 8 heteroatoms. The summed E-state index contributed by atoms with van der Waals surface area (Å²) in [5, 5.41) is 8.01. The van der Waals surface area contributed by atoms with E-state index in [9.17, 15) is 4.79 Å². The van der Waals surface area contributed by atoms with Crippen molar-refractivity contribution in [2.45, 2.75) is 45.2 Å². The zero-order valence-electron chi connectivity index (χ0n) is 12.0. The van der Waals surface area contributed by atoms with Crippen molar-refractivity contribution in [2.75, 3.05) is 6.54 Å². The number of aromatic nitrogens is 5. The number of nitrogens with zero attached hydrogens (tertiary/aromatic N) is 6. The minimum absolute atomic E-state index is 0.0581. The highest BCUT2D eigenvalue weighted by molar-refractivity contribution is 5.76. The standard InChI is InChI=1S/C13H18N6O2/c1-2-11-16-13(17-21-11)10-4-3-6-19(10)12(20)5-7-18-9-14-8-15-18/h8-10H,2-7H2,1H3/t10-/m0/s1. The maximum atomic E-state index is 12.4. The first-order valence-electron chi connectivity index (χ1n) is 7.22. The van der Waals surface area contributed by atoms with Crippen LogP contribution in [0.2, 0.25) is 0 Å². The molecule has 1 fully saturated rings. The van der Waals surface area contributed by atoms with Crippen molar-refractivity contribution in [3.05, 3.63) is 24.4 Å². The predicted molar refractivity (Wildman–Crippen MR) is 72.0 cm³/mol. The van der Waals surface area contributed by atoms with Crippen molar-refractivity contribution in [2.24, 2.45) is 0 Å². The highest BCUT2D eigenvalue weighted by atomic mass is 16.5. The van der Waals surface area contributed by atoms with Crippen LogP contribution in [0.15, 0.2) is 17.2 Å². The number of amides is 1. The maximum absolute atomic E-state index is 12.4. The summed E-state index contributed by atoms with van der Waals surface area (Å²) in [5.41, 5.74) is 0. The third-order valence-electron chi connectivity index (χ3n) is 3.68. The highest BCUT2D eigenvalue weighted by Crippen LogP contribution is 2.30. The molecule has 0 bridgehead atoms. The first-order valence-corrected chi connectivity index (χ1v) is 7.22. The quantitative estimate of drug-likeness (QED) is 0.815. The Kier molecular flexibility index (Phi) is 3.94. The number of likely N-dealkylation sites (tertiary alicyclic amines) is 1. The zero-order valence-corrected chi connectivity index (χ0v) is 12.0. The average molecular weight is 290 g/mol. The van der Waals surface area contributed by atoms with E-state index >= 15 is 0 Å². The van der Waals surface area contributed by atoms with Crippen LogP contribution < -0.4 is 0 Å². The van der Waals surface area contributed by atoms with E-state index in [0.717, 1.165) is 19.4 Å². The molecular weight excluding hydrogens is 272 g/mol. The number of hydrogen-bond acceptors (Lipinski definition) is 6. The summed E-state index contributed by atoms with van der Waals surface area (Å²) >= 11 is 0. The second-order valence-corrected chi connectivity index (χ2v) is 5.05. The van der Waals surface area contributed by atoms with Gasteiger partial charge in [0.1, 0.15) is 12.7 Å². The Morgan fingerprint density at radius 1 is 1.52 bits per heavy atom. The van der Waals surface area contributed by atoms with Crippen LogP contribution in [0.25, 0.3) is 0 Å². The van der Waals surface area contributed by atoms with Crippen molar-refractivity contribution in [3.8, 4) is 0 Å². The van der Waals surface area contributed by atoms with Gasteiger partial charge in [-0.05, 0) is 12.8 Å². The van der Waals surface area contributed by atoms with Gasteiger partial charge in [0.2, 0.25) is 11.8 Å². The SMILES string of the molecule is CCc1nc([C@@H]2CCCN2C(=O)CCn2cncn2)no1. The molecule has 3 heterocycles. The number of carbonyl (C=O) groups excluding carboxylic acids is 1. The lowest BCUT2D eigenvalue weighted by atomic mass is 10.2. The van der Waals surface area contributed by atoms with Crippen molar-refractivity contribution in [1.82, 2.24) is 29.8 Å². The molecule has 1 aliphatic rings. The molecule has 1 saturated heterocycles. The van der Waals surface area contributed by atoms with Crippen LogP contribution in [0.3, 0.4) is 0 Å². The minimum Gasteiger partial charge on any atom is -0.339 e. The number of hydrogen-bond donors (Lipinski definition) is 0. The largest absolute Gasteiger partial charge is 0.339 e. The van der Waals surface area contributed by atoms with E-state index in [1.807, 2.05) is 11.8 Å². The number of rotatable bonds is 5. The van der Waals surface area contributed by atoms with Gasteiger partial charge in [0.25, 0.3) is 0 Å². The molecule has 0 N–H and O–H groups in total. The maximum Gasteiger partial charge on any atom is 0.226 e. The lowest BCUT2D eigenvalue weighted by Crippen LogP contribution is -2.31. The van der Waals surface area contributed by atoms with Crippen LogP contribution in [-0.4, -0.2) is 42.3 Å². The fourth-order valence-electron chi connectivity index (χ4n) is 2.58. The lowest BCUT2D eigenvalue weighted by Gasteiger charge is -2.22. The van der Waals surface area contributed by atoms with Gasteiger partial charge in [-0.1, -0.05) is 12.1 Å². The van der Waals surface area contributed by atoms with Crippen LogP contribution in [0.1, 0.15) is 43.9 Å². The molecule has 0 aliphatic carbocycles. The molecule has 1 atom stereocenters. The van der Waals surface area contributed by atoms with Crippen molar-refractivity contribution in [1.29, 1.82) is 0 Å². The fraction of sp³-hybridized carbons (Fsp3) is 0.615. The highest BCUT2D eigenvalue weighted by Gasteiger charge is 2.32. The average Bonchev–Trinajstić information content (AvgIpc) is 3.23. The Bertz CT molecular complexity index is 594. The van der Waals surface area contributed by atoms with Crippen molar-refractivity contribution < 1.29 is 9.32 Å². The van der Waals surface area contributed by atoms with Gasteiger partial charge in [0.15, 0.2) is 5.82 Å². The Hall–Kier alpha value is -2.25. The molecule has 8 nitrogen and oxygen atoms in total. The number of aryl methyl sites for hydroxylation is 2. The normalized spacial score (nSPS) is 18.3. The Morgan fingerprint density at radius 2 is 2.43 bits per heavy atom. The fourth-order valence-corrected chi connectivity index (χ4v) is 2.58. The molecule has 0 unspecified atom stereocenters. The molecule has 1 aliphatic heterocycles. The van der Waals surface area contributed by atoms with Crippen LogP contribution in [0, 0.1) is 0 Å². The van der Waals surface area contributed by atoms with E-state index in [-0.39, 0.29) is 11.9 Å². The van der Waals surface area contributed by atoms with Gasteiger partial charge in [-0.3, -0.25) is 9.48 Å². The minimum atomic E-state index is -0.0581. The van der Waals surface area contributed by atoms with Crippen LogP contribution in [-0.2, 0) is 17.8 Å². The summed E-state index contributed by atoms with van der Waals surface area (Å²) in [6, 6.07) is -0.0581. The molecule has 3 rings (SSSR count). The molecule has 1 amide bonds. The molecular formula is C13H18N6O2. The Balaban J connectivity index is 1.64. The zero-order chi connectivity index (χ0) is 14.7. The second-order valence-electron chi connectivity index (χ2n) is 5.05. The molecule has 0 radical (unpaired) electrons. The summed E-state index contributed by atoms with van der Waals surface area (Å²) < 4.78 is 6.81. The van der Waals surface area contributed by atoms with Gasteiger partial charge in [-0.2, -0.15) is 10.1 Å². The third-order valence-corrected chi connectivity index (χ3v) is 3.68. The first-order chi connectivity index (χ1) is 10.3. The van der Waals surface area contributed by atoms with E-state index in [2.05, 4.69) is 20.2 Å². The second kappa shape index (κ2) is 6.02. The molecule has 2 aromatic rings. The molecule has 2 aromatic heterocycles. The van der Waals surface area contributed by atoms with Crippen molar-refractivity contribution in [3.63, 3.8) is 0 Å². The van der Waals surface area contributed by atoms with E-state index in [1.165, 1.54) is 6.33 Å². The van der Waals surface area contributed by atoms with Crippen molar-refractivity contribution >= 4 is 5.91 Å². The third kappa shape index (κ3) is 2.93. The summed E-state index contributed by atoms with van der Waals surface area (Å²) in [6.45, 7) is 3.25. The van der Waals surface area contributed by atoms with Gasteiger partial charge >= 0.3 is 0 Å². The Labute approximate surface area is 122 Å². The predicted octanol–water partition coefficient (Wildman–Crippen LogP) is 0.977. The summed E-state index contributed by atoms with van der Waals surface area (Å²) in [4.78, 5) is 22.4. The van der Waals surface area contributed by atoms with Gasteiger partial charge in [0, 0.05) is 19.4 Å². The van der Waals surface area contributed by atoms with Crippen LogP contribution in [0.4, 0.5) is 0 Å². The topological polar surface area (TPSA) is 89.9 Å². The molecule has 0 aromatic carbocycles. The van der Waals surface area contributed by atoms with Gasteiger partial charge in [0.05, 0.1) is 12.6 Å². The summed E-state index contributed by atoms with van der Waals surface area (Å²) in [6.07, 6.45) is 6.04. The van der Waals surface area contributed by atoms with Crippen LogP contribution in [0.5, 0.6) is 0 Å². The van der Waals surface area contributed by atoms with E-state index in [4.69, 9.17) is 4.52 Å². The summed E-state index contributed by atoms with van der Waals surface area (Å²) in [5.74, 6) is 1.33. The summed E-state index contributed by atoms with van der Waals surface area (Å²) in [7, 11) is 0. The van der Waals surface area contributed by atoms with Crippen LogP contribution >= 0.6 is 0 Å². The van der Waals surface area contributed by atoms with Gasteiger partial charge in [-0.25, -0.2) is 4.98 Å². The monoisotopic (exact) mass is 290 g/mol. The van der Waals surface area contributed by atoms with Gasteiger partial charge < -0.3 is 9.42 Å². The molecule has 21 heavy (non-hydrogen) atoms. The molecule has 0 spiro atoms. The van der Waals surface area contributed by atoms with Gasteiger partial charge in [-0.15, -0.1) is 0 Å².